The number of nitrogens with zero attached hydrogens (tertiary/aromatic N) is 2. The summed E-state index contributed by atoms with van der Waals surface area (Å²) in [5.74, 6) is 0. The van der Waals surface area contributed by atoms with Gasteiger partial charge in [0.15, 0.2) is 0 Å². The third-order valence-corrected chi connectivity index (χ3v) is 2.16. The van der Waals surface area contributed by atoms with Crippen LogP contribution in [0.2, 0.25) is 0 Å². The maximum absolute atomic E-state index is 12.5. The Morgan fingerprint density at radius 3 is 2.64 bits per heavy atom. The Morgan fingerprint density at radius 1 is 1.29 bits per heavy atom. The summed E-state index contributed by atoms with van der Waals surface area (Å²) >= 11 is 2.98. The molecule has 0 saturated heterocycles. The van der Waals surface area contributed by atoms with Crippen LogP contribution in [0.1, 0.15) is 5.56 Å². The van der Waals surface area contributed by atoms with Gasteiger partial charge in [-0.1, -0.05) is 21.1 Å². The second kappa shape index (κ2) is 2.94. The molecule has 0 spiro atoms. The standard InChI is InChI=1S/C7H3BrF3N3/c8-3-1-4(7(9,10)11)6-5(2-3)12-14-13-6/h1-2H,(H,12,13,14). The molecular weight excluding hydrogens is 263 g/mol. The van der Waals surface area contributed by atoms with E-state index in [1.807, 2.05) is 0 Å². The van der Waals surface area contributed by atoms with Gasteiger partial charge in [0.2, 0.25) is 0 Å². The number of halogens is 4. The van der Waals surface area contributed by atoms with Crippen molar-refractivity contribution < 1.29 is 13.2 Å². The molecule has 0 radical (unpaired) electrons. The largest absolute Gasteiger partial charge is 0.418 e. The third kappa shape index (κ3) is 1.47. The fourth-order valence-electron chi connectivity index (χ4n) is 1.14. The number of aromatic amines is 1. The van der Waals surface area contributed by atoms with E-state index in [9.17, 15) is 13.2 Å². The van der Waals surface area contributed by atoms with Crippen molar-refractivity contribution >= 4 is 27.0 Å². The van der Waals surface area contributed by atoms with E-state index in [2.05, 4.69) is 31.3 Å². The van der Waals surface area contributed by atoms with Gasteiger partial charge in [-0.25, -0.2) is 0 Å². The highest BCUT2D eigenvalue weighted by Gasteiger charge is 2.34. The first-order valence-corrected chi connectivity index (χ1v) is 4.35. The number of hydrogen-bond acceptors (Lipinski definition) is 2. The number of rotatable bonds is 0. The Bertz CT molecular complexity index is 476. The maximum atomic E-state index is 12.5. The molecule has 14 heavy (non-hydrogen) atoms. The molecule has 0 atom stereocenters. The minimum absolute atomic E-state index is 0.166. The van der Waals surface area contributed by atoms with Gasteiger partial charge in [-0.05, 0) is 12.1 Å². The Balaban J connectivity index is 2.80. The number of H-pyrrole nitrogens is 1. The van der Waals surface area contributed by atoms with Crippen LogP contribution in [0.3, 0.4) is 0 Å². The van der Waals surface area contributed by atoms with Crippen LogP contribution in [0.25, 0.3) is 11.0 Å². The highest BCUT2D eigenvalue weighted by molar-refractivity contribution is 9.10. The summed E-state index contributed by atoms with van der Waals surface area (Å²) in [4.78, 5) is 0. The number of benzene rings is 1. The van der Waals surface area contributed by atoms with E-state index in [-0.39, 0.29) is 11.0 Å². The van der Waals surface area contributed by atoms with Crippen molar-refractivity contribution in [3.05, 3.63) is 22.2 Å². The van der Waals surface area contributed by atoms with Crippen molar-refractivity contribution in [2.75, 3.05) is 0 Å². The lowest BCUT2D eigenvalue weighted by Crippen LogP contribution is -2.05. The number of hydrogen-bond donors (Lipinski definition) is 1. The summed E-state index contributed by atoms with van der Waals surface area (Å²) in [6.45, 7) is 0. The van der Waals surface area contributed by atoms with Crippen LogP contribution in [-0.4, -0.2) is 15.4 Å². The summed E-state index contributed by atoms with van der Waals surface area (Å²) in [7, 11) is 0. The lowest BCUT2D eigenvalue weighted by molar-refractivity contribution is -0.136. The van der Waals surface area contributed by atoms with Crippen LogP contribution < -0.4 is 0 Å². The first-order valence-electron chi connectivity index (χ1n) is 3.56. The number of nitrogens with one attached hydrogen (secondary N) is 1. The number of alkyl halides is 3. The van der Waals surface area contributed by atoms with Crippen LogP contribution in [0, 0.1) is 0 Å². The SMILES string of the molecule is FC(F)(F)c1cc(Br)cc2[nH]nnc12. The van der Waals surface area contributed by atoms with E-state index < -0.39 is 11.7 Å². The molecule has 0 aliphatic carbocycles. The molecule has 0 aliphatic rings. The highest BCUT2D eigenvalue weighted by atomic mass is 79.9. The van der Waals surface area contributed by atoms with Gasteiger partial charge in [0.25, 0.3) is 0 Å². The second-order valence-corrected chi connectivity index (χ2v) is 3.57. The lowest BCUT2D eigenvalue weighted by Gasteiger charge is -2.06. The van der Waals surface area contributed by atoms with Crippen molar-refractivity contribution in [2.45, 2.75) is 6.18 Å². The average Bonchev–Trinajstić information content (AvgIpc) is 2.47. The molecule has 0 amide bonds. The minimum Gasteiger partial charge on any atom is -0.257 e. The molecule has 3 nitrogen and oxygen atoms in total. The zero-order chi connectivity index (χ0) is 10.3. The van der Waals surface area contributed by atoms with E-state index in [1.165, 1.54) is 6.07 Å². The maximum Gasteiger partial charge on any atom is 0.418 e. The second-order valence-electron chi connectivity index (χ2n) is 2.66. The molecule has 0 saturated carbocycles. The Labute approximate surface area is 84.4 Å². The predicted octanol–water partition coefficient (Wildman–Crippen LogP) is 2.74. The van der Waals surface area contributed by atoms with Gasteiger partial charge in [0.05, 0.1) is 11.1 Å². The van der Waals surface area contributed by atoms with E-state index in [4.69, 9.17) is 0 Å². The molecule has 74 valence electrons. The normalized spacial score (nSPS) is 12.3. The molecule has 1 aromatic carbocycles. The molecule has 0 fully saturated rings. The zero-order valence-corrected chi connectivity index (χ0v) is 8.15. The van der Waals surface area contributed by atoms with Crippen molar-refractivity contribution in [3.63, 3.8) is 0 Å². The molecule has 2 aromatic rings. The smallest absolute Gasteiger partial charge is 0.257 e. The van der Waals surface area contributed by atoms with Crippen molar-refractivity contribution in [3.8, 4) is 0 Å². The molecule has 0 aliphatic heterocycles. The van der Waals surface area contributed by atoms with Crippen LogP contribution >= 0.6 is 15.9 Å². The Kier molecular flexibility index (Phi) is 1.99. The van der Waals surface area contributed by atoms with Gasteiger partial charge in [0, 0.05) is 4.47 Å². The summed E-state index contributed by atoms with van der Waals surface area (Å²) in [5.41, 5.74) is -0.706. The molecule has 1 heterocycles. The molecular formula is C7H3BrF3N3. The molecule has 0 bridgehead atoms. The number of aromatic nitrogens is 3. The molecule has 1 aromatic heterocycles. The van der Waals surface area contributed by atoms with Crippen LogP contribution in [0.4, 0.5) is 13.2 Å². The van der Waals surface area contributed by atoms with E-state index in [0.29, 0.717) is 4.47 Å². The summed E-state index contributed by atoms with van der Waals surface area (Å²) in [6, 6.07) is 2.47. The fourth-order valence-corrected chi connectivity index (χ4v) is 1.59. The predicted molar refractivity (Wildman–Crippen MR) is 46.6 cm³/mol. The minimum atomic E-state index is -4.42. The van der Waals surface area contributed by atoms with Crippen molar-refractivity contribution in [1.82, 2.24) is 15.4 Å². The van der Waals surface area contributed by atoms with Crippen molar-refractivity contribution in [2.24, 2.45) is 0 Å². The quantitative estimate of drug-likeness (QED) is 0.796. The van der Waals surface area contributed by atoms with E-state index in [1.54, 1.807) is 0 Å². The molecule has 7 heteroatoms. The highest BCUT2D eigenvalue weighted by Crippen LogP contribution is 2.35. The Hall–Kier alpha value is -1.11. The topological polar surface area (TPSA) is 41.6 Å². The monoisotopic (exact) mass is 265 g/mol. The third-order valence-electron chi connectivity index (χ3n) is 1.70. The average molecular weight is 266 g/mol. The van der Waals surface area contributed by atoms with Gasteiger partial charge in [-0.15, -0.1) is 5.10 Å². The van der Waals surface area contributed by atoms with Gasteiger partial charge in [-0.3, -0.25) is 5.10 Å². The van der Waals surface area contributed by atoms with Gasteiger partial charge < -0.3 is 0 Å². The van der Waals surface area contributed by atoms with Gasteiger partial charge in [-0.2, -0.15) is 13.2 Å². The molecule has 2 rings (SSSR count). The first-order chi connectivity index (χ1) is 6.48. The van der Waals surface area contributed by atoms with E-state index in [0.717, 1.165) is 6.07 Å². The van der Waals surface area contributed by atoms with Gasteiger partial charge >= 0.3 is 6.18 Å². The number of fused-ring (bicyclic) bond motifs is 1. The van der Waals surface area contributed by atoms with Crippen molar-refractivity contribution in [1.29, 1.82) is 0 Å². The Morgan fingerprint density at radius 2 is 2.00 bits per heavy atom. The summed E-state index contributed by atoms with van der Waals surface area (Å²) in [5, 5.41) is 9.08. The fraction of sp³-hybridized carbons (Fsp3) is 0.143. The van der Waals surface area contributed by atoms with Gasteiger partial charge in [0.1, 0.15) is 5.52 Å². The van der Waals surface area contributed by atoms with E-state index >= 15 is 0 Å². The summed E-state index contributed by atoms with van der Waals surface area (Å²) in [6.07, 6.45) is -4.42. The van der Waals surface area contributed by atoms with Crippen LogP contribution in [0.15, 0.2) is 16.6 Å². The van der Waals surface area contributed by atoms with Crippen LogP contribution in [-0.2, 0) is 6.18 Å². The summed E-state index contributed by atoms with van der Waals surface area (Å²) < 4.78 is 37.8. The lowest BCUT2D eigenvalue weighted by atomic mass is 10.2. The van der Waals surface area contributed by atoms with Crippen LogP contribution in [0.5, 0.6) is 0 Å². The first kappa shape index (κ1) is 9.45. The molecule has 0 unspecified atom stereocenters. The zero-order valence-electron chi connectivity index (χ0n) is 6.56. The molecule has 1 N–H and O–H groups in total.